The Bertz CT molecular complexity index is 1130. The molecule has 0 aromatic heterocycles. The Kier molecular flexibility index (Phi) is 110. The molecule has 0 spiro atoms. The van der Waals surface area contributed by atoms with Crippen LogP contribution in [0.3, 0.4) is 0 Å². The minimum Gasteiger partial charge on any atom is -1.00 e. The van der Waals surface area contributed by atoms with E-state index < -0.39 is 0 Å². The number of carbonyl (C=O) groups excluding carboxylic acids is 1. The molecule has 0 atom stereocenters. The van der Waals surface area contributed by atoms with Gasteiger partial charge >= 0.3 is 24.5 Å². The maximum Gasteiger partial charge on any atom is 2.00 e. The third-order valence-corrected chi connectivity index (χ3v) is 14.9. The van der Waals surface area contributed by atoms with Gasteiger partial charge in [0.1, 0.15) is 5.78 Å². The zero-order chi connectivity index (χ0) is 57.5. The fourth-order valence-electron chi connectivity index (χ4n) is 8.73. The molecule has 6 heteroatoms. The van der Waals surface area contributed by atoms with E-state index in [1.54, 1.807) is 0 Å². The van der Waals surface area contributed by atoms with Crippen molar-refractivity contribution in [3.8, 4) is 0 Å². The van der Waals surface area contributed by atoms with Crippen molar-refractivity contribution in [2.75, 3.05) is 30.4 Å². The summed E-state index contributed by atoms with van der Waals surface area (Å²) in [6, 6.07) is 0. The number of rotatable bonds is 56. The van der Waals surface area contributed by atoms with Crippen molar-refractivity contribution in [2.24, 2.45) is 0 Å². The number of ketones is 1. The van der Waals surface area contributed by atoms with Crippen LogP contribution in [-0.4, -0.2) is 59.3 Å². The molecule has 0 aliphatic heterocycles. The van der Waals surface area contributed by atoms with Crippen LogP contribution in [0.25, 0.3) is 4.85 Å². The number of nitrogens with zero attached hydrogens (tertiary/aromatic N) is 1. The second kappa shape index (κ2) is 96.0. The number of carbonyl (C=O) groups is 1. The molecule has 0 bridgehead atoms. The van der Waals surface area contributed by atoms with Crippen molar-refractivity contribution >= 4 is 60.7 Å². The Morgan fingerprint density at radius 2 is 0.590 bits per heavy atom. The molecule has 0 aliphatic rings. The van der Waals surface area contributed by atoms with Crippen molar-refractivity contribution < 1.29 is 13.8 Å². The molecule has 0 rings (SSSR count). The maximum absolute atomic E-state index is 12.0. The van der Waals surface area contributed by atoms with Gasteiger partial charge in [0.15, 0.2) is 0 Å². The summed E-state index contributed by atoms with van der Waals surface area (Å²) < 4.78 is 4.83. The summed E-state index contributed by atoms with van der Waals surface area (Å²) in [7, 11) is 0. The Morgan fingerprint density at radius 1 is 0.359 bits per heavy atom. The van der Waals surface area contributed by atoms with E-state index in [0.717, 1.165) is 58.2 Å². The van der Waals surface area contributed by atoms with Gasteiger partial charge in [0.2, 0.25) is 6.54 Å². The van der Waals surface area contributed by atoms with Crippen LogP contribution in [0.1, 0.15) is 374 Å². The molecule has 0 amide bonds. The van der Waals surface area contributed by atoms with Crippen LogP contribution < -0.4 is 0 Å². The van der Waals surface area contributed by atoms with Gasteiger partial charge in [-0.2, -0.15) is 0 Å². The van der Waals surface area contributed by atoms with Crippen molar-refractivity contribution in [3.63, 3.8) is 0 Å². The first-order valence-corrected chi connectivity index (χ1v) is 36.4. The van der Waals surface area contributed by atoms with Gasteiger partial charge in [0.25, 0.3) is 0 Å². The number of Topliss-reactive ketones (excluding diaryl/α,β-unsaturated/α-hetero) is 1. The topological polar surface area (TPSA) is 30.7 Å². The predicted molar refractivity (Wildman–Crippen MR) is 371 cm³/mol. The summed E-state index contributed by atoms with van der Waals surface area (Å²) >= 11 is 6.89. The molecule has 0 heterocycles. The summed E-state index contributed by atoms with van der Waals surface area (Å²) in [5, 5.41) is 2.37. The molecule has 0 aliphatic carbocycles. The predicted octanol–water partition coefficient (Wildman–Crippen LogP) is 27.1. The average molecular weight is 1240 g/mol. The minimum atomic E-state index is 0. The van der Waals surface area contributed by atoms with E-state index in [1.807, 2.05) is 13.8 Å². The maximum atomic E-state index is 12.0. The van der Waals surface area contributed by atoms with E-state index in [4.69, 9.17) is 11.3 Å². The number of hydrogen-bond donors (Lipinski definition) is 0. The van der Waals surface area contributed by atoms with Gasteiger partial charge in [0.05, 0.1) is 0 Å². The molecular weight excluding hydrogens is 1090 g/mol. The first-order valence-electron chi connectivity index (χ1n) is 34.1. The van der Waals surface area contributed by atoms with E-state index in [-0.39, 0.29) is 27.3 Å². The molecule has 0 N–H and O–H groups in total. The van der Waals surface area contributed by atoms with Crippen LogP contribution in [-0.2, 0) is 9.53 Å². The number of hydrogen-bond acceptors (Lipinski definition) is 2. The van der Waals surface area contributed by atoms with Crippen LogP contribution in [0, 0.1) is 6.57 Å². The Labute approximate surface area is 530 Å². The first-order chi connectivity index (χ1) is 38.0. The van der Waals surface area contributed by atoms with Crippen molar-refractivity contribution in [2.45, 2.75) is 370 Å². The number of halogens is 2. The van der Waals surface area contributed by atoms with E-state index in [0.29, 0.717) is 12.3 Å². The second-order valence-corrected chi connectivity index (χ2v) is 23.3. The molecule has 78 heavy (non-hydrogen) atoms. The number of allylic oxidation sites excluding steroid dienone is 8. The van der Waals surface area contributed by atoms with E-state index >= 15 is 0 Å². The third-order valence-electron chi connectivity index (χ3n) is 13.8. The molecule has 0 unspecified atom stereocenters. The monoisotopic (exact) mass is 1230 g/mol. The van der Waals surface area contributed by atoms with Gasteiger partial charge in [-0.1, -0.05) is 321 Å². The Morgan fingerprint density at radius 3 is 0.846 bits per heavy atom. The van der Waals surface area contributed by atoms with Gasteiger partial charge in [0, 0.05) is 43.1 Å². The van der Waals surface area contributed by atoms with Crippen molar-refractivity contribution in [1.29, 1.82) is 0 Å². The summed E-state index contributed by atoms with van der Waals surface area (Å²) in [5.74, 6) is 0.505. The summed E-state index contributed by atoms with van der Waals surface area (Å²) in [6.45, 7) is 24.4. The fraction of sp³-hybridized carbons (Fsp3) is 0.861. The van der Waals surface area contributed by atoms with Crippen LogP contribution in [0.2, 0.25) is 0 Å². The second-order valence-electron chi connectivity index (χ2n) is 21.7. The van der Waals surface area contributed by atoms with Gasteiger partial charge in [-0.05, 0) is 110 Å². The standard InChI is InChI=1S/C29H54O.C19H33N.2C10H21Br.C4H10O.Mg.2H/c1-3-5-7-9-11-13-14-15-16-17-18-19-20-22-24-26-28-29(30)27-25-23-21-12-10-8-6-4-2;1-3-4-5-6-7-8-9-10-11-12-13-14-15-16-17-18-19-20-2;2*1-2-3-4-5-6-7-8-9-10-11;1-3-5-4-2;;;/h11,13,15-16H,3-10,12,14,17-28H2,1-2H3;7-8,10-11H,3-6,9,12-19H2,1H3;2*2-10H2,1H3;3-4H2,1-2H3;;;/q;;;;;+2;2*-1/p+1/b13-11-,16-15-;8-7-,11-10-;;;;;;. The number of alkyl halides is 2. The van der Waals surface area contributed by atoms with E-state index in [1.165, 1.54) is 287 Å². The number of ether oxygens (including phenoxy) is 1. The van der Waals surface area contributed by atoms with E-state index in [9.17, 15) is 4.79 Å². The van der Waals surface area contributed by atoms with Crippen LogP contribution in [0.5, 0.6) is 0 Å². The largest absolute Gasteiger partial charge is 2.00 e. The third kappa shape index (κ3) is 108. The SMILES string of the molecule is CCCCC/C=C\C/C=C\CCCCCCCCC(=O)CCCCCCCCCC.CCCCCCCCCCBr.CCCCCCCCCCBr.CCOCC.[C-]#[N+]CCCCCCCC/C=C\C/C=C\CCCCC.[H+].[H-].[H-].[Mg+2]. The quantitative estimate of drug-likeness (QED) is 0.0200. The normalized spacial score (nSPS) is 10.9. The van der Waals surface area contributed by atoms with Gasteiger partial charge in [-0.3, -0.25) is 4.79 Å². The van der Waals surface area contributed by atoms with Gasteiger partial charge in [-0.25, -0.2) is 6.57 Å². The molecule has 0 fully saturated rings. The molecule has 0 radical (unpaired) electrons. The molecule has 462 valence electrons. The molecule has 3 nitrogen and oxygen atoms in total. The van der Waals surface area contributed by atoms with Crippen LogP contribution >= 0.6 is 31.9 Å². The van der Waals surface area contributed by atoms with Gasteiger partial charge < -0.3 is 12.4 Å². The smallest absolute Gasteiger partial charge is 1.00 e. The molecule has 0 aromatic carbocycles. The van der Waals surface area contributed by atoms with Crippen molar-refractivity contribution in [1.82, 2.24) is 0 Å². The molecule has 0 aromatic rings. The average Bonchev–Trinajstić information content (AvgIpc) is 3.44. The first kappa shape index (κ1) is 89.0. The molecule has 0 saturated carbocycles. The fourth-order valence-corrected chi connectivity index (χ4v) is 9.52. The zero-order valence-corrected chi connectivity index (χ0v) is 58.8. The van der Waals surface area contributed by atoms with Gasteiger partial charge in [-0.15, -0.1) is 0 Å². The summed E-state index contributed by atoms with van der Waals surface area (Å²) in [6.07, 6.45) is 83.9. The zero-order valence-electron chi connectivity index (χ0n) is 57.2. The van der Waals surface area contributed by atoms with Crippen LogP contribution in [0.15, 0.2) is 48.6 Å². The number of unbranched alkanes of at least 4 members (excludes halogenated alkanes) is 39. The van der Waals surface area contributed by atoms with E-state index in [2.05, 4.69) is 120 Å². The summed E-state index contributed by atoms with van der Waals surface area (Å²) in [4.78, 5) is 15.3. The van der Waals surface area contributed by atoms with Crippen molar-refractivity contribution in [3.05, 3.63) is 60.0 Å². The minimum absolute atomic E-state index is 0. The Balaban J connectivity index is -0.000000125. The Hall–Kier alpha value is -0.194. The molecule has 0 saturated heterocycles. The molecular formula is C72H142Br2MgNO2+. The summed E-state index contributed by atoms with van der Waals surface area (Å²) in [5.41, 5.74) is 0. The van der Waals surface area contributed by atoms with Crippen LogP contribution in [0.4, 0.5) is 0 Å².